The van der Waals surface area contributed by atoms with Crippen LogP contribution in [0.25, 0.3) is 11.1 Å². The normalized spacial score (nSPS) is 19.8. The lowest BCUT2D eigenvalue weighted by Gasteiger charge is -2.38. The Morgan fingerprint density at radius 2 is 1.76 bits per heavy atom. The molecule has 0 unspecified atom stereocenters. The van der Waals surface area contributed by atoms with Crippen LogP contribution in [-0.2, 0) is 16.1 Å². The Labute approximate surface area is 266 Å². The second-order valence-electron chi connectivity index (χ2n) is 12.3. The minimum Gasteiger partial charge on any atom is -0.488 e. The zero-order valence-electron chi connectivity index (χ0n) is 26.7. The third-order valence-electron chi connectivity index (χ3n) is 8.71. The molecule has 5 rings (SSSR count). The number of ether oxygens (including phenoxy) is 2. The van der Waals surface area contributed by atoms with Crippen molar-refractivity contribution in [1.29, 1.82) is 0 Å². The third-order valence-corrected chi connectivity index (χ3v) is 8.71. The summed E-state index contributed by atoms with van der Waals surface area (Å²) in [6.07, 6.45) is 0.156. The first-order chi connectivity index (χ1) is 21.8. The minimum atomic E-state index is -0.362. The molecule has 0 spiro atoms. The molecule has 2 amide bonds. The first-order valence-electron chi connectivity index (χ1n) is 16.0. The standard InChI is InChI=1S/C36H46N4O5/c1-26-22-40(27(2)25-41)36(43)32-21-31(37-35(42)15-16-39-17-19-44-20-18-39)13-14-33(32)45-34(26)24-38(3)23-28-9-11-30(12-10-28)29-7-5-4-6-8-29/h4-14,21,26-27,34,41H,15-20,22-25H2,1-3H3,(H,37,42)/t26-,27+,34-/m0/s1. The maximum atomic E-state index is 13.8. The molecule has 3 atom stereocenters. The monoisotopic (exact) mass is 614 g/mol. The lowest BCUT2D eigenvalue weighted by molar-refractivity contribution is -0.116. The number of morpholine rings is 1. The Morgan fingerprint density at radius 3 is 2.47 bits per heavy atom. The summed E-state index contributed by atoms with van der Waals surface area (Å²) >= 11 is 0. The maximum Gasteiger partial charge on any atom is 0.258 e. The lowest BCUT2D eigenvalue weighted by atomic mass is 9.99. The van der Waals surface area contributed by atoms with Gasteiger partial charge in [-0.3, -0.25) is 19.4 Å². The fourth-order valence-electron chi connectivity index (χ4n) is 5.94. The Balaban J connectivity index is 1.28. The van der Waals surface area contributed by atoms with Crippen LogP contribution in [0.1, 0.15) is 36.2 Å². The van der Waals surface area contributed by atoms with Gasteiger partial charge in [-0.1, -0.05) is 61.5 Å². The highest BCUT2D eigenvalue weighted by molar-refractivity contribution is 6.00. The Hall–Kier alpha value is -3.76. The molecule has 0 bridgehead atoms. The summed E-state index contributed by atoms with van der Waals surface area (Å²) in [5, 5.41) is 13.0. The van der Waals surface area contributed by atoms with E-state index in [2.05, 4.69) is 65.5 Å². The zero-order valence-corrected chi connectivity index (χ0v) is 26.7. The van der Waals surface area contributed by atoms with Crippen molar-refractivity contribution >= 4 is 17.5 Å². The molecule has 0 aromatic heterocycles. The third kappa shape index (κ3) is 8.70. The van der Waals surface area contributed by atoms with E-state index in [4.69, 9.17) is 9.47 Å². The molecular formula is C36H46N4O5. The Morgan fingerprint density at radius 1 is 1.04 bits per heavy atom. The molecule has 2 aliphatic rings. The van der Waals surface area contributed by atoms with Crippen LogP contribution in [-0.4, -0.2) is 103 Å². The first kappa shape index (κ1) is 32.6. The average Bonchev–Trinajstić information content (AvgIpc) is 3.06. The summed E-state index contributed by atoms with van der Waals surface area (Å²) in [5.74, 6) is 0.177. The van der Waals surface area contributed by atoms with Crippen molar-refractivity contribution in [2.75, 3.05) is 64.9 Å². The Kier molecular flexibility index (Phi) is 11.2. The van der Waals surface area contributed by atoms with Crippen molar-refractivity contribution in [3.05, 3.63) is 83.9 Å². The van der Waals surface area contributed by atoms with Crippen LogP contribution in [0, 0.1) is 5.92 Å². The SMILES string of the molecule is C[C@H](CO)N1C[C@H](C)[C@H](CN(C)Cc2ccc(-c3ccccc3)cc2)Oc2ccc(NC(=O)CCN3CCOCC3)cc2C1=O. The van der Waals surface area contributed by atoms with Crippen molar-refractivity contribution in [3.8, 4) is 16.9 Å². The van der Waals surface area contributed by atoms with E-state index in [9.17, 15) is 14.7 Å². The van der Waals surface area contributed by atoms with E-state index in [-0.39, 0.29) is 36.5 Å². The van der Waals surface area contributed by atoms with Gasteiger partial charge < -0.3 is 24.8 Å². The van der Waals surface area contributed by atoms with Gasteiger partial charge in [0.25, 0.3) is 5.91 Å². The second kappa shape index (κ2) is 15.5. The quantitative estimate of drug-likeness (QED) is 0.331. The van der Waals surface area contributed by atoms with Gasteiger partial charge in [0.15, 0.2) is 0 Å². The highest BCUT2D eigenvalue weighted by Gasteiger charge is 2.33. The summed E-state index contributed by atoms with van der Waals surface area (Å²) in [7, 11) is 2.08. The molecule has 9 heteroatoms. The summed E-state index contributed by atoms with van der Waals surface area (Å²) in [4.78, 5) is 32.8. The van der Waals surface area contributed by atoms with Crippen molar-refractivity contribution in [3.63, 3.8) is 0 Å². The molecule has 240 valence electrons. The van der Waals surface area contributed by atoms with Crippen molar-refractivity contribution < 1.29 is 24.2 Å². The van der Waals surface area contributed by atoms with E-state index in [0.29, 0.717) is 56.3 Å². The molecule has 9 nitrogen and oxygen atoms in total. The molecule has 0 radical (unpaired) electrons. The van der Waals surface area contributed by atoms with E-state index >= 15 is 0 Å². The molecule has 3 aromatic carbocycles. The van der Waals surface area contributed by atoms with Crippen LogP contribution in [0.15, 0.2) is 72.8 Å². The number of anilines is 1. The molecule has 2 N–H and O–H groups in total. The number of nitrogens with one attached hydrogen (secondary N) is 1. The number of rotatable bonds is 11. The molecule has 0 aliphatic carbocycles. The predicted molar refractivity (Wildman–Crippen MR) is 176 cm³/mol. The molecule has 1 saturated heterocycles. The second-order valence-corrected chi connectivity index (χ2v) is 12.3. The van der Waals surface area contributed by atoms with Gasteiger partial charge in [-0.25, -0.2) is 0 Å². The number of aliphatic hydroxyl groups excluding tert-OH is 1. The molecule has 45 heavy (non-hydrogen) atoms. The first-order valence-corrected chi connectivity index (χ1v) is 16.0. The van der Waals surface area contributed by atoms with E-state index in [1.54, 1.807) is 23.1 Å². The molecule has 1 fully saturated rings. The largest absolute Gasteiger partial charge is 0.488 e. The van der Waals surface area contributed by atoms with Crippen LogP contribution < -0.4 is 10.1 Å². The predicted octanol–water partition coefficient (Wildman–Crippen LogP) is 4.37. The summed E-state index contributed by atoms with van der Waals surface area (Å²) in [5.41, 5.74) is 4.52. The van der Waals surface area contributed by atoms with Gasteiger partial charge in [-0.2, -0.15) is 0 Å². The summed E-state index contributed by atoms with van der Waals surface area (Å²) < 4.78 is 12.0. The highest BCUT2D eigenvalue weighted by Crippen LogP contribution is 2.31. The van der Waals surface area contributed by atoms with Crippen LogP contribution >= 0.6 is 0 Å². The van der Waals surface area contributed by atoms with Gasteiger partial charge in [0.2, 0.25) is 5.91 Å². The van der Waals surface area contributed by atoms with E-state index in [1.807, 2.05) is 25.1 Å². The number of hydrogen-bond donors (Lipinski definition) is 2. The number of nitrogens with zero attached hydrogens (tertiary/aromatic N) is 3. The van der Waals surface area contributed by atoms with E-state index in [1.165, 1.54) is 16.7 Å². The molecular weight excluding hydrogens is 568 g/mol. The lowest BCUT2D eigenvalue weighted by Crippen LogP contribution is -2.49. The van der Waals surface area contributed by atoms with Crippen LogP contribution in [0.3, 0.4) is 0 Å². The van der Waals surface area contributed by atoms with Gasteiger partial charge in [-0.15, -0.1) is 0 Å². The van der Waals surface area contributed by atoms with Gasteiger partial charge in [0.1, 0.15) is 11.9 Å². The number of fused-ring (bicyclic) bond motifs is 1. The molecule has 2 heterocycles. The van der Waals surface area contributed by atoms with E-state index < -0.39 is 0 Å². The number of carbonyl (C=O) groups is 2. The van der Waals surface area contributed by atoms with Gasteiger partial charge in [0.05, 0.1) is 31.4 Å². The summed E-state index contributed by atoms with van der Waals surface area (Å²) in [6.45, 7) is 9.33. The zero-order chi connectivity index (χ0) is 31.8. The fraction of sp³-hybridized carbons (Fsp3) is 0.444. The topological polar surface area (TPSA) is 94.6 Å². The summed E-state index contributed by atoms with van der Waals surface area (Å²) in [6, 6.07) is 23.9. The van der Waals surface area contributed by atoms with Crippen LogP contribution in [0.5, 0.6) is 5.75 Å². The average molecular weight is 615 g/mol. The van der Waals surface area contributed by atoms with Crippen molar-refractivity contribution in [1.82, 2.24) is 14.7 Å². The van der Waals surface area contributed by atoms with Crippen molar-refractivity contribution in [2.24, 2.45) is 5.92 Å². The maximum absolute atomic E-state index is 13.8. The van der Waals surface area contributed by atoms with Crippen LogP contribution in [0.4, 0.5) is 5.69 Å². The number of hydrogen-bond acceptors (Lipinski definition) is 7. The van der Waals surface area contributed by atoms with Crippen molar-refractivity contribution in [2.45, 2.75) is 39.0 Å². The van der Waals surface area contributed by atoms with Gasteiger partial charge in [0, 0.05) is 57.3 Å². The molecule has 2 aliphatic heterocycles. The number of amides is 2. The minimum absolute atomic E-state index is 0.0126. The van der Waals surface area contributed by atoms with Gasteiger partial charge >= 0.3 is 0 Å². The van der Waals surface area contributed by atoms with Crippen LogP contribution in [0.2, 0.25) is 0 Å². The highest BCUT2D eigenvalue weighted by atomic mass is 16.5. The smallest absolute Gasteiger partial charge is 0.258 e. The van der Waals surface area contributed by atoms with E-state index in [0.717, 1.165) is 19.6 Å². The number of carbonyl (C=O) groups excluding carboxylic acids is 2. The van der Waals surface area contributed by atoms with Gasteiger partial charge in [-0.05, 0) is 48.9 Å². The number of benzene rings is 3. The number of likely N-dealkylation sites (N-methyl/N-ethyl adjacent to an activating group) is 1. The number of aliphatic hydroxyl groups is 1. The molecule has 3 aromatic rings. The molecule has 0 saturated carbocycles. The fourth-order valence-corrected chi connectivity index (χ4v) is 5.94. The Bertz CT molecular complexity index is 1410.